The molecule has 2 aromatic rings. The predicted molar refractivity (Wildman–Crippen MR) is 92.4 cm³/mol. The summed E-state index contributed by atoms with van der Waals surface area (Å²) in [7, 11) is 0. The van der Waals surface area contributed by atoms with Crippen molar-refractivity contribution in [2.45, 2.75) is 13.0 Å². The summed E-state index contributed by atoms with van der Waals surface area (Å²) in [5.41, 5.74) is 0.634. The minimum absolute atomic E-state index is 0.171. The van der Waals surface area contributed by atoms with Gasteiger partial charge in [0.15, 0.2) is 6.61 Å². The molecule has 0 bridgehead atoms. The van der Waals surface area contributed by atoms with Gasteiger partial charge in [-0.05, 0) is 42.8 Å². The van der Waals surface area contributed by atoms with Gasteiger partial charge < -0.3 is 10.1 Å². The molecule has 126 valence electrons. The predicted octanol–water partition coefficient (Wildman–Crippen LogP) is 4.28. The van der Waals surface area contributed by atoms with Gasteiger partial charge in [-0.1, -0.05) is 39.7 Å². The topological polar surface area (TPSA) is 55.4 Å². The van der Waals surface area contributed by atoms with Crippen LogP contribution in [0.3, 0.4) is 0 Å². The van der Waals surface area contributed by atoms with Gasteiger partial charge in [0, 0.05) is 9.50 Å². The second kappa shape index (κ2) is 8.26. The maximum absolute atomic E-state index is 13.6. The highest BCUT2D eigenvalue weighted by molar-refractivity contribution is 9.10. The van der Waals surface area contributed by atoms with Crippen LogP contribution in [0.25, 0.3) is 0 Å². The lowest BCUT2D eigenvalue weighted by Crippen LogP contribution is -2.31. The van der Waals surface area contributed by atoms with Crippen molar-refractivity contribution in [1.29, 1.82) is 0 Å². The number of carbonyl (C=O) groups is 2. The first kappa shape index (κ1) is 18.4. The quantitative estimate of drug-likeness (QED) is 0.743. The lowest BCUT2D eigenvalue weighted by molar-refractivity contribution is -0.124. The molecule has 4 nitrogen and oxygen atoms in total. The number of hydrogen-bond acceptors (Lipinski definition) is 3. The summed E-state index contributed by atoms with van der Waals surface area (Å²) in [6.07, 6.45) is 0. The van der Waals surface area contributed by atoms with Crippen LogP contribution >= 0.6 is 27.5 Å². The summed E-state index contributed by atoms with van der Waals surface area (Å²) in [4.78, 5) is 23.6. The van der Waals surface area contributed by atoms with Crippen LogP contribution in [-0.2, 0) is 9.53 Å². The van der Waals surface area contributed by atoms with Crippen molar-refractivity contribution >= 4 is 39.4 Å². The SMILES string of the molecule is CC(NC(=O)COC(=O)c1ccc(Cl)cc1F)c1ccc(Br)cc1. The maximum atomic E-state index is 13.6. The largest absolute Gasteiger partial charge is 0.452 e. The molecule has 0 fully saturated rings. The molecule has 0 heterocycles. The van der Waals surface area contributed by atoms with Crippen molar-refractivity contribution in [1.82, 2.24) is 5.32 Å². The third-order valence-corrected chi connectivity index (χ3v) is 4.00. The molecule has 0 aromatic heterocycles. The third-order valence-electron chi connectivity index (χ3n) is 3.23. The Morgan fingerprint density at radius 3 is 2.54 bits per heavy atom. The molecule has 1 unspecified atom stereocenters. The molecule has 1 N–H and O–H groups in total. The fourth-order valence-corrected chi connectivity index (χ4v) is 2.40. The van der Waals surface area contributed by atoms with E-state index in [-0.39, 0.29) is 16.6 Å². The highest BCUT2D eigenvalue weighted by Gasteiger charge is 2.16. The Morgan fingerprint density at radius 1 is 1.25 bits per heavy atom. The van der Waals surface area contributed by atoms with Gasteiger partial charge >= 0.3 is 5.97 Å². The fourth-order valence-electron chi connectivity index (χ4n) is 1.98. The number of carbonyl (C=O) groups excluding carboxylic acids is 2. The standard InChI is InChI=1S/C17H14BrClFNO3/c1-10(11-2-4-12(18)5-3-11)21-16(22)9-24-17(23)14-7-6-13(19)8-15(14)20/h2-8,10H,9H2,1H3,(H,21,22). The molecule has 0 aliphatic heterocycles. The van der Waals surface area contributed by atoms with Crippen molar-refractivity contribution in [3.63, 3.8) is 0 Å². The smallest absolute Gasteiger partial charge is 0.341 e. The lowest BCUT2D eigenvalue weighted by Gasteiger charge is -2.14. The van der Waals surface area contributed by atoms with Crippen LogP contribution in [0.1, 0.15) is 28.9 Å². The van der Waals surface area contributed by atoms with E-state index in [9.17, 15) is 14.0 Å². The summed E-state index contributed by atoms with van der Waals surface area (Å²) < 4.78 is 19.4. The van der Waals surface area contributed by atoms with Gasteiger partial charge in [0.05, 0.1) is 11.6 Å². The van der Waals surface area contributed by atoms with E-state index in [1.807, 2.05) is 31.2 Å². The number of halogens is 3. The van der Waals surface area contributed by atoms with Crippen molar-refractivity contribution < 1.29 is 18.7 Å². The second-order valence-electron chi connectivity index (χ2n) is 5.04. The van der Waals surface area contributed by atoms with E-state index < -0.39 is 24.3 Å². The molecule has 0 radical (unpaired) electrons. The monoisotopic (exact) mass is 413 g/mol. The minimum atomic E-state index is -0.921. The Labute approximate surface area is 152 Å². The Balaban J connectivity index is 1.88. The number of nitrogens with one attached hydrogen (secondary N) is 1. The van der Waals surface area contributed by atoms with E-state index in [1.165, 1.54) is 12.1 Å². The first-order chi connectivity index (χ1) is 11.4. The zero-order valence-corrected chi connectivity index (χ0v) is 15.0. The summed E-state index contributed by atoms with van der Waals surface area (Å²) >= 11 is 8.95. The Kier molecular flexibility index (Phi) is 6.34. The number of rotatable bonds is 5. The van der Waals surface area contributed by atoms with Crippen LogP contribution in [0, 0.1) is 5.82 Å². The van der Waals surface area contributed by atoms with Crippen LogP contribution < -0.4 is 5.32 Å². The zero-order valence-electron chi connectivity index (χ0n) is 12.7. The Morgan fingerprint density at radius 2 is 1.92 bits per heavy atom. The summed E-state index contributed by atoms with van der Waals surface area (Å²) in [6.45, 7) is 1.31. The van der Waals surface area contributed by atoms with Crippen LogP contribution in [0.5, 0.6) is 0 Å². The van der Waals surface area contributed by atoms with Gasteiger partial charge in [0.1, 0.15) is 5.82 Å². The molecule has 0 saturated heterocycles. The van der Waals surface area contributed by atoms with Gasteiger partial charge in [-0.15, -0.1) is 0 Å². The van der Waals surface area contributed by atoms with Crippen LogP contribution in [0.15, 0.2) is 46.9 Å². The summed E-state index contributed by atoms with van der Waals surface area (Å²) in [5, 5.41) is 2.87. The average Bonchev–Trinajstić information content (AvgIpc) is 2.53. The van der Waals surface area contributed by atoms with Crippen molar-refractivity contribution in [3.05, 3.63) is 68.9 Å². The Bertz CT molecular complexity index is 752. The van der Waals surface area contributed by atoms with E-state index in [1.54, 1.807) is 0 Å². The molecule has 0 aliphatic rings. The lowest BCUT2D eigenvalue weighted by atomic mass is 10.1. The van der Waals surface area contributed by atoms with Crippen LogP contribution in [0.4, 0.5) is 4.39 Å². The molecule has 0 saturated carbocycles. The molecule has 1 amide bonds. The average molecular weight is 415 g/mol. The van der Waals surface area contributed by atoms with E-state index in [4.69, 9.17) is 16.3 Å². The Hall–Kier alpha value is -1.92. The van der Waals surface area contributed by atoms with Gasteiger partial charge in [-0.3, -0.25) is 4.79 Å². The number of esters is 1. The normalized spacial score (nSPS) is 11.7. The highest BCUT2D eigenvalue weighted by Crippen LogP contribution is 2.17. The molecule has 0 spiro atoms. The molecule has 0 aliphatic carbocycles. The number of hydrogen-bond donors (Lipinski definition) is 1. The second-order valence-corrected chi connectivity index (χ2v) is 6.39. The molecule has 1 atom stereocenters. The van der Waals surface area contributed by atoms with Crippen LogP contribution in [-0.4, -0.2) is 18.5 Å². The zero-order chi connectivity index (χ0) is 17.7. The molecular weight excluding hydrogens is 401 g/mol. The summed E-state index contributed by atoms with van der Waals surface area (Å²) in [5.74, 6) is -2.19. The van der Waals surface area contributed by atoms with E-state index in [0.29, 0.717) is 0 Å². The third kappa shape index (κ3) is 5.04. The van der Waals surface area contributed by atoms with Crippen molar-refractivity contribution in [3.8, 4) is 0 Å². The van der Waals surface area contributed by atoms with Crippen LogP contribution in [0.2, 0.25) is 5.02 Å². The molecule has 2 aromatic carbocycles. The van der Waals surface area contributed by atoms with Crippen molar-refractivity contribution in [2.24, 2.45) is 0 Å². The highest BCUT2D eigenvalue weighted by atomic mass is 79.9. The maximum Gasteiger partial charge on any atom is 0.341 e. The number of ether oxygens (including phenoxy) is 1. The molecule has 24 heavy (non-hydrogen) atoms. The molecule has 2 rings (SSSR count). The molecule has 7 heteroatoms. The van der Waals surface area contributed by atoms with E-state index in [0.717, 1.165) is 16.1 Å². The first-order valence-electron chi connectivity index (χ1n) is 7.04. The first-order valence-corrected chi connectivity index (χ1v) is 8.21. The fraction of sp³-hybridized carbons (Fsp3) is 0.176. The van der Waals surface area contributed by atoms with E-state index >= 15 is 0 Å². The number of benzene rings is 2. The van der Waals surface area contributed by atoms with Gasteiger partial charge in [-0.2, -0.15) is 0 Å². The number of amides is 1. The van der Waals surface area contributed by atoms with Gasteiger partial charge in [0.2, 0.25) is 0 Å². The molecular formula is C17H14BrClFNO3. The minimum Gasteiger partial charge on any atom is -0.452 e. The van der Waals surface area contributed by atoms with Crippen molar-refractivity contribution in [2.75, 3.05) is 6.61 Å². The van der Waals surface area contributed by atoms with Gasteiger partial charge in [-0.25, -0.2) is 9.18 Å². The van der Waals surface area contributed by atoms with Gasteiger partial charge in [0.25, 0.3) is 5.91 Å². The summed E-state index contributed by atoms with van der Waals surface area (Å²) in [6, 6.07) is 10.8. The van der Waals surface area contributed by atoms with E-state index in [2.05, 4.69) is 21.2 Å².